The molecule has 1 aliphatic carbocycles. The number of aromatic nitrogens is 1. The van der Waals surface area contributed by atoms with E-state index in [-0.39, 0.29) is 29.7 Å². The number of carbonyl (C=O) groups is 1. The summed E-state index contributed by atoms with van der Waals surface area (Å²) in [6.07, 6.45) is 2.39. The van der Waals surface area contributed by atoms with Gasteiger partial charge in [-0.1, -0.05) is 19.1 Å². The van der Waals surface area contributed by atoms with E-state index in [0.29, 0.717) is 6.42 Å². The normalized spacial score (nSPS) is 29.1. The Labute approximate surface area is 260 Å². The van der Waals surface area contributed by atoms with E-state index in [1.165, 1.54) is 12.1 Å². The number of hydrogen-bond donors (Lipinski definition) is 4. The first kappa shape index (κ1) is 31.5. The Morgan fingerprint density at radius 1 is 1.18 bits per heavy atom. The molecule has 1 aromatic carbocycles. The minimum atomic E-state index is -5.33. The second kappa shape index (κ2) is 10.8. The van der Waals surface area contributed by atoms with Gasteiger partial charge in [0.15, 0.2) is 0 Å². The van der Waals surface area contributed by atoms with Crippen LogP contribution < -0.4 is 10.6 Å². The van der Waals surface area contributed by atoms with Crippen LogP contribution in [0.2, 0.25) is 0 Å². The number of aliphatic hydroxyl groups is 2. The number of carbonyl (C=O) groups excluding carboxylic acids is 1. The fourth-order valence-corrected chi connectivity index (χ4v) is 6.53. The van der Waals surface area contributed by atoms with Crippen LogP contribution in [0.5, 0.6) is 0 Å². The van der Waals surface area contributed by atoms with Gasteiger partial charge < -0.3 is 30.5 Å². The van der Waals surface area contributed by atoms with Crippen LogP contribution in [-0.4, -0.2) is 75.3 Å². The van der Waals surface area contributed by atoms with Crippen molar-refractivity contribution in [2.24, 2.45) is 10.9 Å². The van der Waals surface area contributed by atoms with Gasteiger partial charge in [0.2, 0.25) is 0 Å². The zero-order valence-electron chi connectivity index (χ0n) is 25.9. The third-order valence-electron chi connectivity index (χ3n) is 9.75. The average molecular weight is 628 g/mol. The number of halogens is 3. The molecule has 0 radical (unpaired) electrons. The molecule has 1 spiro atoms. The lowest BCUT2D eigenvalue weighted by Crippen LogP contribution is -2.55. The van der Waals surface area contributed by atoms with Crippen LogP contribution in [0.4, 0.5) is 13.2 Å². The summed E-state index contributed by atoms with van der Waals surface area (Å²) in [7, 11) is 0. The topological polar surface area (TPSA) is 119 Å². The summed E-state index contributed by atoms with van der Waals surface area (Å²) < 4.78 is 45.6. The quantitative estimate of drug-likeness (QED) is 0.359. The highest BCUT2D eigenvalue weighted by molar-refractivity contribution is 5.94. The van der Waals surface area contributed by atoms with Crippen molar-refractivity contribution >= 4 is 12.1 Å². The minimum absolute atomic E-state index is 0.0168. The number of benzene rings is 1. The molecule has 0 bridgehead atoms. The minimum Gasteiger partial charge on any atom is -0.368 e. The number of morpholine rings is 1. The molecule has 6 rings (SSSR count). The van der Waals surface area contributed by atoms with Crippen molar-refractivity contribution < 1.29 is 32.9 Å². The molecule has 3 unspecified atom stereocenters. The number of nitrogens with one attached hydrogen (secondary N) is 2. The van der Waals surface area contributed by atoms with Crippen LogP contribution in [0.3, 0.4) is 0 Å². The van der Waals surface area contributed by atoms with Gasteiger partial charge in [-0.05, 0) is 76.3 Å². The van der Waals surface area contributed by atoms with E-state index in [1.54, 1.807) is 6.21 Å². The summed E-state index contributed by atoms with van der Waals surface area (Å²) in [6.45, 7) is 10.2. The number of rotatable bonds is 6. The summed E-state index contributed by atoms with van der Waals surface area (Å²) in [4.78, 5) is 25.2. The number of nitrogens with zero attached hydrogens (tertiary/aromatic N) is 3. The Bertz CT molecular complexity index is 1550. The third-order valence-corrected chi connectivity index (χ3v) is 9.75. The van der Waals surface area contributed by atoms with Gasteiger partial charge in [-0.3, -0.25) is 14.8 Å². The number of amides is 1. The van der Waals surface area contributed by atoms with E-state index in [4.69, 9.17) is 9.72 Å². The molecule has 242 valence electrons. The Hall–Kier alpha value is -3.48. The van der Waals surface area contributed by atoms with Crippen molar-refractivity contribution in [2.45, 2.75) is 88.1 Å². The van der Waals surface area contributed by atoms with Crippen molar-refractivity contribution in [3.8, 4) is 0 Å². The molecule has 4 atom stereocenters. The molecule has 2 aromatic rings. The number of ether oxygens (including phenoxy) is 1. The summed E-state index contributed by atoms with van der Waals surface area (Å²) in [5, 5.41) is 25.8. The standard InChI is InChI=1S/C33H40F3N5O4/c1-20-8-11-27(41-17-21(2)45-31(19-41)12-13-31)40-30(20,4)26-10-9-23-16-38-29(3,15-25(23)39-26)18-37-28(42)22-6-5-7-24(14-22)32(43,44)33(34,35)36/h5-7,9-11,14,16,20-21,40,43-44H,8,12-13,15,17-19H2,1-4H3,(H,37,42)/t20?,21-,29?,30?/m1/s1. The highest BCUT2D eigenvalue weighted by Gasteiger charge is 2.54. The second-order valence-electron chi connectivity index (χ2n) is 13.6. The Morgan fingerprint density at radius 2 is 1.93 bits per heavy atom. The van der Waals surface area contributed by atoms with Gasteiger partial charge in [-0.25, -0.2) is 0 Å². The Morgan fingerprint density at radius 3 is 2.64 bits per heavy atom. The van der Waals surface area contributed by atoms with E-state index < -0.39 is 34.5 Å². The van der Waals surface area contributed by atoms with Crippen LogP contribution in [-0.2, 0) is 22.5 Å². The molecule has 4 heterocycles. The molecule has 4 aliphatic rings. The molecule has 12 heteroatoms. The van der Waals surface area contributed by atoms with Crippen molar-refractivity contribution in [2.75, 3.05) is 19.6 Å². The first-order valence-electron chi connectivity index (χ1n) is 15.4. The third kappa shape index (κ3) is 5.95. The van der Waals surface area contributed by atoms with Crippen molar-refractivity contribution in [1.29, 1.82) is 0 Å². The summed E-state index contributed by atoms with van der Waals surface area (Å²) >= 11 is 0. The average Bonchev–Trinajstić information content (AvgIpc) is 3.73. The second-order valence-corrected chi connectivity index (χ2v) is 13.6. The molecule has 1 saturated heterocycles. The Balaban J connectivity index is 1.16. The fraction of sp³-hybridized carbons (Fsp3) is 0.545. The van der Waals surface area contributed by atoms with Crippen LogP contribution in [0.25, 0.3) is 0 Å². The van der Waals surface area contributed by atoms with Crippen LogP contribution in [0.15, 0.2) is 53.3 Å². The molecule has 45 heavy (non-hydrogen) atoms. The Kier molecular flexibility index (Phi) is 7.57. The van der Waals surface area contributed by atoms with E-state index in [1.807, 2.05) is 19.1 Å². The van der Waals surface area contributed by atoms with Crippen LogP contribution in [0.1, 0.15) is 79.8 Å². The molecule has 2 fully saturated rings. The van der Waals surface area contributed by atoms with Gasteiger partial charge in [0, 0.05) is 49.0 Å². The largest absolute Gasteiger partial charge is 0.447 e. The maximum atomic E-state index is 13.1. The van der Waals surface area contributed by atoms with E-state index in [9.17, 15) is 28.2 Å². The van der Waals surface area contributed by atoms with Gasteiger partial charge in [-0.15, -0.1) is 0 Å². The zero-order valence-corrected chi connectivity index (χ0v) is 25.9. The number of aliphatic imine (C=N–C) groups is 1. The van der Waals surface area contributed by atoms with Gasteiger partial charge >= 0.3 is 6.18 Å². The summed E-state index contributed by atoms with van der Waals surface area (Å²) in [6, 6.07) is 8.28. The van der Waals surface area contributed by atoms with Gasteiger partial charge in [0.25, 0.3) is 11.7 Å². The predicted molar refractivity (Wildman–Crippen MR) is 161 cm³/mol. The van der Waals surface area contributed by atoms with E-state index in [0.717, 1.165) is 67.3 Å². The first-order valence-corrected chi connectivity index (χ1v) is 15.4. The predicted octanol–water partition coefficient (Wildman–Crippen LogP) is 3.88. The van der Waals surface area contributed by atoms with Crippen LogP contribution >= 0.6 is 0 Å². The summed E-state index contributed by atoms with van der Waals surface area (Å²) in [5.74, 6) is -3.35. The first-order chi connectivity index (χ1) is 21.0. The van der Waals surface area contributed by atoms with E-state index >= 15 is 0 Å². The molecule has 9 nitrogen and oxygen atoms in total. The van der Waals surface area contributed by atoms with Gasteiger partial charge in [0.1, 0.15) is 0 Å². The monoisotopic (exact) mass is 627 g/mol. The number of pyridine rings is 1. The fourth-order valence-electron chi connectivity index (χ4n) is 6.53. The number of alkyl halides is 3. The molecule has 1 saturated carbocycles. The maximum absolute atomic E-state index is 13.1. The van der Waals surface area contributed by atoms with Crippen molar-refractivity contribution in [3.05, 3.63) is 76.4 Å². The SMILES string of the molecule is CC1CC=C(N2C[C@@H](C)OC3(CC3)C2)NC1(C)c1ccc2c(n1)CC(C)(CNC(=O)c1cccc(C(O)(O)C(F)(F)F)c1)N=C2. The molecular weight excluding hydrogens is 587 g/mol. The van der Waals surface area contributed by atoms with E-state index in [2.05, 4.69) is 47.4 Å². The zero-order chi connectivity index (χ0) is 32.4. The lowest BCUT2D eigenvalue weighted by molar-refractivity contribution is -0.358. The number of hydrogen-bond acceptors (Lipinski definition) is 8. The van der Waals surface area contributed by atoms with Crippen LogP contribution in [0, 0.1) is 5.92 Å². The highest BCUT2D eigenvalue weighted by atomic mass is 19.4. The van der Waals surface area contributed by atoms with Gasteiger partial charge in [0.05, 0.1) is 40.0 Å². The molecule has 1 aromatic heterocycles. The molecule has 4 N–H and O–H groups in total. The lowest BCUT2D eigenvalue weighted by Gasteiger charge is -2.47. The molecule has 3 aliphatic heterocycles. The lowest BCUT2D eigenvalue weighted by atomic mass is 9.78. The summed E-state index contributed by atoms with van der Waals surface area (Å²) in [5.41, 5.74) is 0.484. The number of allylic oxidation sites excluding steroid dienone is 1. The van der Waals surface area contributed by atoms with Crippen molar-refractivity contribution in [3.63, 3.8) is 0 Å². The maximum Gasteiger partial charge on any atom is 0.447 e. The van der Waals surface area contributed by atoms with Gasteiger partial charge in [-0.2, -0.15) is 13.2 Å². The molecular formula is C33H40F3N5O4. The highest BCUT2D eigenvalue weighted by Crippen LogP contribution is 2.45. The van der Waals surface area contributed by atoms with Crippen molar-refractivity contribution in [1.82, 2.24) is 20.5 Å². The smallest absolute Gasteiger partial charge is 0.368 e. The molecule has 1 amide bonds. The number of fused-ring (bicyclic) bond motifs is 1.